The first-order chi connectivity index (χ1) is 59.7. The van der Waals surface area contributed by atoms with Crippen LogP contribution >= 0.6 is 0 Å². The number of rotatable bonds is 42. The van der Waals surface area contributed by atoms with Gasteiger partial charge in [-0.25, -0.2) is 19.1 Å². The Hall–Kier alpha value is -10.2. The minimum absolute atomic E-state index is 0.0259. The number of carboxylic acid groups (broad SMARTS) is 1. The monoisotopic (exact) mass is 1770 g/mol. The van der Waals surface area contributed by atoms with Gasteiger partial charge in [0, 0.05) is 97.4 Å². The van der Waals surface area contributed by atoms with Gasteiger partial charge >= 0.3 is 18.1 Å². The van der Waals surface area contributed by atoms with Crippen molar-refractivity contribution in [2.24, 2.45) is 35.3 Å². The van der Waals surface area contributed by atoms with E-state index in [1.807, 2.05) is 13.8 Å². The van der Waals surface area contributed by atoms with Crippen LogP contribution in [0.1, 0.15) is 138 Å². The topological polar surface area (TPSA) is 553 Å². The van der Waals surface area contributed by atoms with Gasteiger partial charge in [0.25, 0.3) is 5.79 Å². The molecule has 0 radical (unpaired) electrons. The third kappa shape index (κ3) is 24.7. The first kappa shape index (κ1) is 101. The fourth-order valence-electron chi connectivity index (χ4n) is 16.7. The Balaban J connectivity index is 0.890. The molecule has 21 atom stereocenters. The highest BCUT2D eigenvalue weighted by Gasteiger charge is 2.57. The van der Waals surface area contributed by atoms with Gasteiger partial charge < -0.3 is 126 Å². The molecule has 0 spiro atoms. The van der Waals surface area contributed by atoms with E-state index in [9.17, 15) is 93.3 Å². The molecule has 11 amide bonds. The van der Waals surface area contributed by atoms with Crippen molar-refractivity contribution in [2.45, 2.75) is 262 Å². The number of anilines is 2. The van der Waals surface area contributed by atoms with Crippen LogP contribution in [0, 0.1) is 29.6 Å². The zero-order chi connectivity index (χ0) is 93.0. The van der Waals surface area contributed by atoms with E-state index in [1.54, 1.807) is 121 Å². The predicted molar refractivity (Wildman–Crippen MR) is 453 cm³/mol. The van der Waals surface area contributed by atoms with Gasteiger partial charge in [-0.1, -0.05) is 129 Å². The summed E-state index contributed by atoms with van der Waals surface area (Å²) in [6, 6.07) is 11.7. The van der Waals surface area contributed by atoms with Crippen molar-refractivity contribution < 1.29 is 126 Å². The number of methoxy groups -OCH3 is 3. The number of hydrogen-bond acceptors (Lipinski definition) is 27. The maximum atomic E-state index is 14.8. The van der Waals surface area contributed by atoms with Gasteiger partial charge in [0.05, 0.1) is 73.9 Å². The number of hydrogen-bond donors (Lipinski definition) is 14. The summed E-state index contributed by atoms with van der Waals surface area (Å²) in [7, 11) is 7.19. The van der Waals surface area contributed by atoms with Crippen LogP contribution in [0.3, 0.4) is 0 Å². The number of likely N-dealkylation sites (N-methyl/N-ethyl adjacent to an activating group) is 2. The Kier molecular flexibility index (Phi) is 36.9. The zero-order valence-electron chi connectivity index (χ0n) is 74.0. The maximum Gasteiger partial charge on any atom is 0.410 e. The molecule has 3 saturated heterocycles. The first-order valence-corrected chi connectivity index (χ1v) is 42.5. The zero-order valence-corrected chi connectivity index (χ0v) is 74.0. The lowest BCUT2D eigenvalue weighted by Crippen LogP contribution is -2.68. The number of likely N-dealkylation sites (tertiary alicyclic amines) is 1. The van der Waals surface area contributed by atoms with Gasteiger partial charge in [-0.15, -0.1) is 5.10 Å². The van der Waals surface area contributed by atoms with Crippen LogP contribution in [0.2, 0.25) is 0 Å². The number of benzene rings is 3. The van der Waals surface area contributed by atoms with Crippen molar-refractivity contribution in [1.29, 1.82) is 0 Å². The Morgan fingerprint density at radius 1 is 0.770 bits per heavy atom. The smallest absolute Gasteiger partial charge is 0.410 e. The number of fused-ring (bicyclic) bond motifs is 5. The summed E-state index contributed by atoms with van der Waals surface area (Å²) in [6.45, 7) is 15.8. The number of aldehydes is 1. The van der Waals surface area contributed by atoms with Gasteiger partial charge in [0.2, 0.25) is 47.3 Å². The maximum absolute atomic E-state index is 14.8. The van der Waals surface area contributed by atoms with Crippen molar-refractivity contribution in [3.8, 4) is 22.5 Å². The SMILES string of the molecule is CCC(C)C(C(CC(=O)N1CCCC1C(OC)C(C)C=O)OC)N(C)C(=O)C(NC(=O)C(C(C)C)N(C)C(=O)OCc1ccc(NC(=O)C(CCCNC(N)=O)NC(=O)C(NC(=O)CCC(=O)N2Cc3ccccc3-c3c(nnn3CC(O)C(O)C3OC(OCC4OC(OC)C(O)C(O)C4O)(C(=O)O)CC(O)C3NC(C)=O)-c3ccccc32)C(C)C)cc1)C(C)C. The van der Waals surface area contributed by atoms with Crippen LogP contribution in [0.15, 0.2) is 72.8 Å². The van der Waals surface area contributed by atoms with E-state index in [-0.39, 0.29) is 73.9 Å². The Bertz CT molecular complexity index is 4400. The number of aliphatic hydroxyl groups excluding tert-OH is 6. The minimum atomic E-state index is -2.86. The number of urea groups is 1. The quantitative estimate of drug-likeness (QED) is 0.0220. The molecule has 4 aliphatic heterocycles. The van der Waals surface area contributed by atoms with Crippen LogP contribution in [-0.2, 0) is 101 Å². The van der Waals surface area contributed by atoms with E-state index in [1.165, 1.54) is 47.9 Å². The third-order valence-corrected chi connectivity index (χ3v) is 23.8. The van der Waals surface area contributed by atoms with Crippen LogP contribution in [0.25, 0.3) is 22.5 Å². The first-order valence-electron chi connectivity index (χ1n) is 42.5. The summed E-state index contributed by atoms with van der Waals surface area (Å²) < 4.78 is 41.0. The van der Waals surface area contributed by atoms with Crippen LogP contribution in [0.5, 0.6) is 0 Å². The van der Waals surface area contributed by atoms with E-state index in [2.05, 4.69) is 42.2 Å². The number of aliphatic carboxylic acids is 1. The summed E-state index contributed by atoms with van der Waals surface area (Å²) in [6.07, 6.45) is -17.2. The highest BCUT2D eigenvalue weighted by Crippen LogP contribution is 2.43. The number of nitrogens with two attached hydrogens (primary N) is 1. The van der Waals surface area contributed by atoms with Gasteiger partial charge in [0.15, 0.2) is 6.29 Å². The van der Waals surface area contributed by atoms with E-state index in [0.29, 0.717) is 47.3 Å². The summed E-state index contributed by atoms with van der Waals surface area (Å²) in [4.78, 5) is 170. The highest BCUT2D eigenvalue weighted by atomic mass is 16.7. The second kappa shape index (κ2) is 46.0. The molecule has 0 saturated carbocycles. The van der Waals surface area contributed by atoms with Gasteiger partial charge in [-0.3, -0.25) is 43.3 Å². The number of aliphatic hydroxyl groups is 6. The standard InChI is InChI=1S/C86H126N14O26/c1-16-47(8)70(60(120-13)37-64(107)98-36-22-28-57(98)76(121-14)48(9)41-101)96(11)81(115)66(45(4)5)93-80(114)69(46(6)7)97(12)85(119)123-42-50-29-31-52(32-30-50)90-78(112)55(26-21-35-88-84(87)118)91-79(113)65(44(2)3)92-62(105)33-34-63(106)99-39-51-23-17-18-24-53(51)71-67(54-25-19-20-27-56(54)99)94-95-100(71)40-59(104)72(108)77-68(89-49(10)102)58(103)38-86(126-77,83(116)117)124-43-61-73(109)74(110)75(111)82(122-15)125-61/h17-20,23-25,27,29-32,41,44-48,55,57-61,65-66,68-70,72-77,82,103-104,108-111H,16,21-22,26,28,33-40,42-43H2,1-15H3,(H,89,102)(H,90,112)(H,91,113)(H,92,105)(H,93,114)(H,116,117)(H3,87,88,118). The average Bonchev–Trinajstić information content (AvgIpc) is 1.50. The second-order valence-corrected chi connectivity index (χ2v) is 33.7. The van der Waals surface area contributed by atoms with Crippen molar-refractivity contribution >= 4 is 83.0 Å². The Labute approximate surface area is 731 Å². The van der Waals surface area contributed by atoms with Crippen LogP contribution < -0.4 is 42.5 Å². The molecule has 0 bridgehead atoms. The van der Waals surface area contributed by atoms with Crippen molar-refractivity contribution in [1.82, 2.24) is 56.3 Å². The third-order valence-electron chi connectivity index (χ3n) is 23.8. The normalized spacial score (nSPS) is 23.1. The number of amides is 11. The fraction of sp³-hybridized carbons (Fsp3) is 0.628. The lowest BCUT2D eigenvalue weighted by atomic mass is 9.88. The van der Waals surface area contributed by atoms with E-state index < -0.39 is 225 Å². The molecule has 21 unspecified atom stereocenters. The van der Waals surface area contributed by atoms with Crippen molar-refractivity contribution in [2.75, 3.05) is 65.3 Å². The van der Waals surface area contributed by atoms with Gasteiger partial charge in [-0.2, -0.15) is 0 Å². The van der Waals surface area contributed by atoms with Crippen LogP contribution in [-0.4, -0.2) is 308 Å². The Morgan fingerprint density at radius 3 is 2.05 bits per heavy atom. The van der Waals surface area contributed by atoms with Gasteiger partial charge in [0.1, 0.15) is 85.5 Å². The predicted octanol–water partition coefficient (Wildman–Crippen LogP) is 1.43. The minimum Gasteiger partial charge on any atom is -0.477 e. The fourth-order valence-corrected chi connectivity index (χ4v) is 16.7. The molecule has 3 fully saturated rings. The molecule has 8 rings (SSSR count). The molecule has 696 valence electrons. The number of nitrogens with one attached hydrogen (secondary N) is 6. The van der Waals surface area contributed by atoms with Crippen molar-refractivity contribution in [3.63, 3.8) is 0 Å². The molecular weight excluding hydrogens is 1650 g/mol. The number of carboxylic acids is 1. The molecule has 4 aliphatic rings. The lowest BCUT2D eigenvalue weighted by Gasteiger charge is -2.47. The molecule has 4 aromatic rings. The summed E-state index contributed by atoms with van der Waals surface area (Å²) in [5.74, 6) is -11.5. The highest BCUT2D eigenvalue weighted by molar-refractivity contribution is 6.02. The summed E-state index contributed by atoms with van der Waals surface area (Å²) in [5.41, 5.74) is 8.16. The molecule has 0 aliphatic carbocycles. The van der Waals surface area contributed by atoms with Gasteiger partial charge in [-0.05, 0) is 78.7 Å². The molecule has 5 heterocycles. The van der Waals surface area contributed by atoms with E-state index in [0.717, 1.165) is 31.6 Å². The number of carbonyl (C=O) groups is 12. The van der Waals surface area contributed by atoms with Crippen molar-refractivity contribution in [3.05, 3.63) is 83.9 Å². The lowest BCUT2D eigenvalue weighted by molar-refractivity contribution is -0.336. The number of ether oxygens (including phenoxy) is 7. The molecule has 1 aromatic heterocycles. The molecule has 15 N–H and O–H groups in total. The molecule has 3 aromatic carbocycles. The summed E-state index contributed by atoms with van der Waals surface area (Å²) in [5, 5.41) is 103. The molecular formula is C86H126N14O26. The number of para-hydroxylation sites is 1. The largest absolute Gasteiger partial charge is 0.477 e. The Morgan fingerprint density at radius 2 is 1.44 bits per heavy atom. The summed E-state index contributed by atoms with van der Waals surface area (Å²) >= 11 is 0. The number of primary amides is 1. The molecule has 126 heavy (non-hydrogen) atoms. The number of nitrogens with zero attached hydrogens (tertiary/aromatic N) is 7. The van der Waals surface area contributed by atoms with E-state index >= 15 is 0 Å². The van der Waals surface area contributed by atoms with Crippen LogP contribution in [0.4, 0.5) is 21.0 Å². The molecule has 40 heteroatoms. The molecule has 40 nitrogen and oxygen atoms in total. The average molecular weight is 1770 g/mol. The second-order valence-electron chi connectivity index (χ2n) is 33.7. The number of aromatic nitrogens is 3. The number of carbonyl (C=O) groups excluding carboxylic acids is 11. The van der Waals surface area contributed by atoms with E-state index in [4.69, 9.17) is 38.9 Å².